The number of nitrogen functional groups attached to an aromatic ring is 1. The lowest BCUT2D eigenvalue weighted by molar-refractivity contribution is 0.386. The molecular weight excluding hydrogens is 260 g/mol. The van der Waals surface area contributed by atoms with Gasteiger partial charge in [-0.15, -0.1) is 0 Å². The zero-order chi connectivity index (χ0) is 14.7. The molecule has 0 amide bonds. The summed E-state index contributed by atoms with van der Waals surface area (Å²) >= 11 is 0. The Morgan fingerprint density at radius 3 is 2.57 bits per heavy atom. The standard InChI is InChI=1S/C18H18N2O/c1-13-6-5-7-14(12-13)10-11-16-17(18(19)20-21-16)15-8-3-2-4-9-15/h2-9,12H,10-11H2,1H3,(H2,19,20). The molecule has 3 heteroatoms. The topological polar surface area (TPSA) is 52.0 Å². The Hall–Kier alpha value is -2.55. The zero-order valence-corrected chi connectivity index (χ0v) is 12.0. The van der Waals surface area contributed by atoms with Crippen LogP contribution >= 0.6 is 0 Å². The summed E-state index contributed by atoms with van der Waals surface area (Å²) in [5.74, 6) is 1.31. The second-order valence-electron chi connectivity index (χ2n) is 5.22. The van der Waals surface area contributed by atoms with Crippen LogP contribution in [0.3, 0.4) is 0 Å². The highest BCUT2D eigenvalue weighted by Crippen LogP contribution is 2.30. The van der Waals surface area contributed by atoms with E-state index in [2.05, 4.69) is 36.3 Å². The Labute approximate surface area is 124 Å². The average molecular weight is 278 g/mol. The van der Waals surface area contributed by atoms with Gasteiger partial charge < -0.3 is 10.3 Å². The monoisotopic (exact) mass is 278 g/mol. The Balaban J connectivity index is 1.84. The third kappa shape index (κ3) is 2.97. The van der Waals surface area contributed by atoms with E-state index < -0.39 is 0 Å². The first-order chi connectivity index (χ1) is 10.2. The number of hydrogen-bond acceptors (Lipinski definition) is 3. The minimum atomic E-state index is 0.459. The molecule has 3 aromatic rings. The number of anilines is 1. The van der Waals surface area contributed by atoms with Crippen LogP contribution in [0.4, 0.5) is 5.82 Å². The number of aromatic nitrogens is 1. The SMILES string of the molecule is Cc1cccc(CCc2onc(N)c2-c2ccccc2)c1. The lowest BCUT2D eigenvalue weighted by Crippen LogP contribution is -1.94. The minimum absolute atomic E-state index is 0.459. The maximum absolute atomic E-state index is 5.96. The molecule has 0 saturated heterocycles. The van der Waals surface area contributed by atoms with Crippen molar-refractivity contribution in [3.63, 3.8) is 0 Å². The summed E-state index contributed by atoms with van der Waals surface area (Å²) in [5, 5.41) is 3.93. The number of nitrogens with zero attached hydrogens (tertiary/aromatic N) is 1. The Morgan fingerprint density at radius 1 is 1.00 bits per heavy atom. The first-order valence-electron chi connectivity index (χ1n) is 7.09. The van der Waals surface area contributed by atoms with Crippen molar-refractivity contribution in [3.05, 3.63) is 71.5 Å². The van der Waals surface area contributed by atoms with Gasteiger partial charge in [-0.05, 0) is 24.5 Å². The smallest absolute Gasteiger partial charge is 0.175 e. The van der Waals surface area contributed by atoms with Crippen LogP contribution in [0.5, 0.6) is 0 Å². The van der Waals surface area contributed by atoms with Crippen molar-refractivity contribution in [2.45, 2.75) is 19.8 Å². The second kappa shape index (κ2) is 5.83. The molecule has 1 heterocycles. The Kier molecular flexibility index (Phi) is 3.73. The van der Waals surface area contributed by atoms with Crippen LogP contribution in [0.2, 0.25) is 0 Å². The fourth-order valence-corrected chi connectivity index (χ4v) is 2.55. The van der Waals surface area contributed by atoms with Gasteiger partial charge in [-0.3, -0.25) is 0 Å². The molecule has 1 aromatic heterocycles. The summed E-state index contributed by atoms with van der Waals surface area (Å²) in [6.07, 6.45) is 1.70. The third-order valence-electron chi connectivity index (χ3n) is 3.57. The largest absolute Gasteiger partial charge is 0.380 e. The minimum Gasteiger partial charge on any atom is -0.380 e. The zero-order valence-electron chi connectivity index (χ0n) is 12.0. The van der Waals surface area contributed by atoms with Crippen molar-refractivity contribution in [2.24, 2.45) is 0 Å². The van der Waals surface area contributed by atoms with Gasteiger partial charge in [0, 0.05) is 6.42 Å². The van der Waals surface area contributed by atoms with Crippen LogP contribution in [0.25, 0.3) is 11.1 Å². The van der Waals surface area contributed by atoms with E-state index in [1.807, 2.05) is 30.3 Å². The van der Waals surface area contributed by atoms with Crippen LogP contribution in [0, 0.1) is 6.92 Å². The molecule has 2 aromatic carbocycles. The summed E-state index contributed by atoms with van der Waals surface area (Å²) in [6, 6.07) is 18.5. The number of nitrogens with two attached hydrogens (primary N) is 1. The number of aryl methyl sites for hydroxylation is 3. The molecular formula is C18H18N2O. The molecule has 0 aliphatic rings. The molecule has 0 radical (unpaired) electrons. The van der Waals surface area contributed by atoms with Gasteiger partial charge in [-0.25, -0.2) is 0 Å². The quantitative estimate of drug-likeness (QED) is 0.784. The fourth-order valence-electron chi connectivity index (χ4n) is 2.55. The van der Waals surface area contributed by atoms with E-state index in [4.69, 9.17) is 10.3 Å². The molecule has 0 bridgehead atoms. The maximum Gasteiger partial charge on any atom is 0.175 e. The van der Waals surface area contributed by atoms with Crippen LogP contribution in [-0.4, -0.2) is 5.16 Å². The van der Waals surface area contributed by atoms with Crippen LogP contribution in [0.15, 0.2) is 59.1 Å². The third-order valence-corrected chi connectivity index (χ3v) is 3.57. The van der Waals surface area contributed by atoms with Gasteiger partial charge in [0.2, 0.25) is 0 Å². The first-order valence-corrected chi connectivity index (χ1v) is 7.09. The Bertz CT molecular complexity index is 732. The van der Waals surface area contributed by atoms with E-state index >= 15 is 0 Å². The van der Waals surface area contributed by atoms with E-state index in [-0.39, 0.29) is 0 Å². The predicted octanol–water partition coefficient (Wildman–Crippen LogP) is 4.02. The number of hydrogen-bond donors (Lipinski definition) is 1. The van der Waals surface area contributed by atoms with E-state index in [0.29, 0.717) is 5.82 Å². The average Bonchev–Trinajstić information content (AvgIpc) is 2.87. The van der Waals surface area contributed by atoms with Crippen LogP contribution in [0.1, 0.15) is 16.9 Å². The fraction of sp³-hybridized carbons (Fsp3) is 0.167. The van der Waals surface area contributed by atoms with Crippen molar-refractivity contribution < 1.29 is 4.52 Å². The van der Waals surface area contributed by atoms with Gasteiger partial charge >= 0.3 is 0 Å². The maximum atomic E-state index is 5.96. The Morgan fingerprint density at radius 2 is 1.81 bits per heavy atom. The molecule has 0 spiro atoms. The molecule has 3 rings (SSSR count). The normalized spacial score (nSPS) is 10.7. The van der Waals surface area contributed by atoms with Crippen molar-refractivity contribution in [2.75, 3.05) is 5.73 Å². The summed E-state index contributed by atoms with van der Waals surface area (Å²) < 4.78 is 5.43. The van der Waals surface area contributed by atoms with Gasteiger partial charge in [-0.2, -0.15) is 0 Å². The molecule has 2 N–H and O–H groups in total. The van der Waals surface area contributed by atoms with Crippen molar-refractivity contribution >= 4 is 5.82 Å². The summed E-state index contributed by atoms with van der Waals surface area (Å²) in [4.78, 5) is 0. The van der Waals surface area contributed by atoms with E-state index in [1.54, 1.807) is 0 Å². The van der Waals surface area contributed by atoms with Crippen molar-refractivity contribution in [1.82, 2.24) is 5.16 Å². The highest BCUT2D eigenvalue weighted by Gasteiger charge is 2.15. The summed E-state index contributed by atoms with van der Waals surface area (Å²) in [7, 11) is 0. The molecule has 0 aliphatic heterocycles. The van der Waals surface area contributed by atoms with Gasteiger partial charge in [0.15, 0.2) is 5.82 Å². The molecule has 21 heavy (non-hydrogen) atoms. The lowest BCUT2D eigenvalue weighted by atomic mass is 10.0. The van der Waals surface area contributed by atoms with E-state index in [1.165, 1.54) is 11.1 Å². The molecule has 0 aliphatic carbocycles. The highest BCUT2D eigenvalue weighted by molar-refractivity contribution is 5.75. The van der Waals surface area contributed by atoms with Crippen LogP contribution < -0.4 is 5.73 Å². The molecule has 0 saturated carbocycles. The highest BCUT2D eigenvalue weighted by atomic mass is 16.5. The molecule has 3 nitrogen and oxygen atoms in total. The lowest BCUT2D eigenvalue weighted by Gasteiger charge is -2.04. The number of rotatable bonds is 4. The van der Waals surface area contributed by atoms with Gasteiger partial charge in [0.1, 0.15) is 5.76 Å². The summed E-state index contributed by atoms with van der Waals surface area (Å²) in [5.41, 5.74) is 10.5. The van der Waals surface area contributed by atoms with Crippen molar-refractivity contribution in [1.29, 1.82) is 0 Å². The second-order valence-corrected chi connectivity index (χ2v) is 5.22. The number of benzene rings is 2. The molecule has 0 unspecified atom stereocenters. The van der Waals surface area contributed by atoms with E-state index in [0.717, 1.165) is 29.7 Å². The van der Waals surface area contributed by atoms with Crippen LogP contribution in [-0.2, 0) is 12.8 Å². The first kappa shape index (κ1) is 13.4. The predicted molar refractivity (Wildman–Crippen MR) is 84.9 cm³/mol. The van der Waals surface area contributed by atoms with E-state index in [9.17, 15) is 0 Å². The molecule has 106 valence electrons. The van der Waals surface area contributed by atoms with Crippen molar-refractivity contribution in [3.8, 4) is 11.1 Å². The van der Waals surface area contributed by atoms with Gasteiger partial charge in [0.25, 0.3) is 0 Å². The van der Waals surface area contributed by atoms with Gasteiger partial charge in [-0.1, -0.05) is 65.3 Å². The molecule has 0 fully saturated rings. The molecule has 0 atom stereocenters. The van der Waals surface area contributed by atoms with Gasteiger partial charge in [0.05, 0.1) is 5.56 Å². The summed E-state index contributed by atoms with van der Waals surface area (Å²) in [6.45, 7) is 2.10.